The van der Waals surface area contributed by atoms with Gasteiger partial charge >= 0.3 is 0 Å². The van der Waals surface area contributed by atoms with Crippen molar-refractivity contribution in [3.8, 4) is 0 Å². The quantitative estimate of drug-likeness (QED) is 0.303. The average Bonchev–Trinajstić information content (AvgIpc) is 3.53. The second kappa shape index (κ2) is 10.5. The van der Waals surface area contributed by atoms with Gasteiger partial charge in [0.15, 0.2) is 5.82 Å². The number of tetrazole rings is 1. The molecule has 5 rings (SSSR count). The number of furan rings is 1. The molecule has 0 amide bonds. The summed E-state index contributed by atoms with van der Waals surface area (Å²) in [4.78, 5) is 18.6. The van der Waals surface area contributed by atoms with Crippen LogP contribution >= 0.6 is 0 Å². The van der Waals surface area contributed by atoms with E-state index in [4.69, 9.17) is 4.42 Å². The van der Waals surface area contributed by atoms with Crippen molar-refractivity contribution in [2.24, 2.45) is 5.92 Å². The number of nitrogens with one attached hydrogen (secondary N) is 1. The second-order valence-corrected chi connectivity index (χ2v) is 10.0. The summed E-state index contributed by atoms with van der Waals surface area (Å²) in [6.45, 7) is 9.91. The summed E-state index contributed by atoms with van der Waals surface area (Å²) in [6, 6.07) is 20.0. The molecule has 2 aromatic carbocycles. The van der Waals surface area contributed by atoms with Crippen molar-refractivity contribution in [3.63, 3.8) is 0 Å². The fourth-order valence-electron chi connectivity index (χ4n) is 5.08. The standard InChI is InChI=1S/C29H32N6O2/c1-19(2)27(28-31-32-33-35(28)16-22-9-6-5-7-10-22)34(18-24-11-8-12-37-24)17-23-15-25-21(4)13-20(3)14-26(25)30-29(23)36/h5-15,19,27H,16-18H2,1-4H3,(H,30,36)/t27-/m0/s1. The molecular weight excluding hydrogens is 464 g/mol. The summed E-state index contributed by atoms with van der Waals surface area (Å²) >= 11 is 0. The molecule has 0 aliphatic rings. The molecule has 1 atom stereocenters. The van der Waals surface area contributed by atoms with E-state index in [9.17, 15) is 4.79 Å². The van der Waals surface area contributed by atoms with E-state index in [1.165, 1.54) is 0 Å². The van der Waals surface area contributed by atoms with E-state index in [0.717, 1.165) is 39.2 Å². The van der Waals surface area contributed by atoms with Gasteiger partial charge in [0.1, 0.15) is 5.76 Å². The number of nitrogens with zero attached hydrogens (tertiary/aromatic N) is 5. The fourth-order valence-corrected chi connectivity index (χ4v) is 5.08. The number of aryl methyl sites for hydroxylation is 2. The lowest BCUT2D eigenvalue weighted by atomic mass is 9.99. The highest BCUT2D eigenvalue weighted by Gasteiger charge is 2.30. The van der Waals surface area contributed by atoms with Gasteiger partial charge in [-0.15, -0.1) is 5.10 Å². The van der Waals surface area contributed by atoms with Crippen LogP contribution in [-0.4, -0.2) is 30.1 Å². The third-order valence-electron chi connectivity index (χ3n) is 6.73. The van der Waals surface area contributed by atoms with Gasteiger partial charge in [0.25, 0.3) is 5.56 Å². The van der Waals surface area contributed by atoms with Gasteiger partial charge in [0.2, 0.25) is 0 Å². The summed E-state index contributed by atoms with van der Waals surface area (Å²) < 4.78 is 7.58. The first-order valence-electron chi connectivity index (χ1n) is 12.6. The van der Waals surface area contributed by atoms with Crippen molar-refractivity contribution in [3.05, 3.63) is 111 Å². The molecule has 0 radical (unpaired) electrons. The van der Waals surface area contributed by atoms with Gasteiger partial charge in [-0.1, -0.05) is 50.2 Å². The highest BCUT2D eigenvalue weighted by Crippen LogP contribution is 2.31. The number of H-pyrrole nitrogens is 1. The first-order valence-corrected chi connectivity index (χ1v) is 12.6. The Balaban J connectivity index is 1.55. The molecule has 3 aromatic heterocycles. The minimum absolute atomic E-state index is 0.0895. The van der Waals surface area contributed by atoms with Crippen LogP contribution in [0.2, 0.25) is 0 Å². The zero-order valence-electron chi connectivity index (χ0n) is 21.7. The van der Waals surface area contributed by atoms with Crippen LogP contribution in [-0.2, 0) is 19.6 Å². The maximum atomic E-state index is 13.2. The van der Waals surface area contributed by atoms with Crippen molar-refractivity contribution in [2.75, 3.05) is 0 Å². The molecule has 0 bridgehead atoms. The lowest BCUT2D eigenvalue weighted by Crippen LogP contribution is -2.35. The number of pyridine rings is 1. The Morgan fingerprint density at radius 1 is 1.03 bits per heavy atom. The Labute approximate surface area is 215 Å². The summed E-state index contributed by atoms with van der Waals surface area (Å²) in [5.74, 6) is 1.74. The molecule has 0 aliphatic heterocycles. The summed E-state index contributed by atoms with van der Waals surface area (Å²) in [7, 11) is 0. The predicted molar refractivity (Wildman–Crippen MR) is 143 cm³/mol. The van der Waals surface area contributed by atoms with E-state index in [-0.39, 0.29) is 17.5 Å². The SMILES string of the molecule is Cc1cc(C)c2cc(CN(Cc3ccco3)[C@H](c3nnnn3Cc3ccccc3)C(C)C)c(=O)[nH]c2c1. The number of aromatic amines is 1. The van der Waals surface area contributed by atoms with Gasteiger partial charge in [-0.25, -0.2) is 4.68 Å². The van der Waals surface area contributed by atoms with Gasteiger partial charge in [-0.05, 0) is 71.1 Å². The van der Waals surface area contributed by atoms with Crippen LogP contribution in [0.4, 0.5) is 0 Å². The fraction of sp³-hybridized carbons (Fsp3) is 0.310. The first kappa shape index (κ1) is 24.6. The topological polar surface area (TPSA) is 92.8 Å². The summed E-state index contributed by atoms with van der Waals surface area (Å²) in [5.41, 5.74) is 4.84. The largest absolute Gasteiger partial charge is 0.468 e. The Bertz CT molecular complexity index is 1540. The molecule has 37 heavy (non-hydrogen) atoms. The second-order valence-electron chi connectivity index (χ2n) is 10.0. The zero-order chi connectivity index (χ0) is 25.9. The Hall–Kier alpha value is -4.04. The zero-order valence-corrected chi connectivity index (χ0v) is 21.7. The number of hydrogen-bond acceptors (Lipinski definition) is 6. The molecule has 5 aromatic rings. The lowest BCUT2D eigenvalue weighted by molar-refractivity contribution is 0.116. The molecular formula is C29H32N6O2. The van der Waals surface area contributed by atoms with Crippen molar-refractivity contribution in [1.29, 1.82) is 0 Å². The van der Waals surface area contributed by atoms with E-state index in [0.29, 0.717) is 25.2 Å². The first-order chi connectivity index (χ1) is 17.9. The van der Waals surface area contributed by atoms with Crippen molar-refractivity contribution >= 4 is 10.9 Å². The molecule has 0 fully saturated rings. The van der Waals surface area contributed by atoms with Crippen LogP contribution in [0.3, 0.4) is 0 Å². The van der Waals surface area contributed by atoms with E-state index >= 15 is 0 Å². The molecule has 8 heteroatoms. The Morgan fingerprint density at radius 3 is 2.57 bits per heavy atom. The highest BCUT2D eigenvalue weighted by atomic mass is 16.3. The molecule has 8 nitrogen and oxygen atoms in total. The van der Waals surface area contributed by atoms with Crippen molar-refractivity contribution in [1.82, 2.24) is 30.1 Å². The number of rotatable bonds is 9. The van der Waals surface area contributed by atoms with E-state index in [1.54, 1.807) is 6.26 Å². The molecule has 1 N–H and O–H groups in total. The maximum absolute atomic E-state index is 13.2. The number of fused-ring (bicyclic) bond motifs is 1. The van der Waals surface area contributed by atoms with Crippen LogP contribution in [0, 0.1) is 19.8 Å². The lowest BCUT2D eigenvalue weighted by Gasteiger charge is -2.33. The molecule has 0 aliphatic carbocycles. The number of hydrogen-bond donors (Lipinski definition) is 1. The maximum Gasteiger partial charge on any atom is 0.252 e. The van der Waals surface area contributed by atoms with E-state index in [1.807, 2.05) is 54.1 Å². The smallest absolute Gasteiger partial charge is 0.252 e. The van der Waals surface area contributed by atoms with Gasteiger partial charge in [0, 0.05) is 23.0 Å². The van der Waals surface area contributed by atoms with Crippen LogP contribution in [0.1, 0.15) is 53.7 Å². The molecule has 0 spiro atoms. The van der Waals surface area contributed by atoms with Crippen LogP contribution in [0.5, 0.6) is 0 Å². The molecule has 0 saturated carbocycles. The third kappa shape index (κ3) is 5.39. The minimum atomic E-state index is -0.155. The third-order valence-corrected chi connectivity index (χ3v) is 6.73. The highest BCUT2D eigenvalue weighted by molar-refractivity contribution is 5.83. The van der Waals surface area contributed by atoms with E-state index < -0.39 is 0 Å². The summed E-state index contributed by atoms with van der Waals surface area (Å²) in [6.07, 6.45) is 1.67. The number of aromatic nitrogens is 5. The number of benzene rings is 2. The van der Waals surface area contributed by atoms with Crippen LogP contribution in [0.15, 0.2) is 76.1 Å². The molecule has 0 unspecified atom stereocenters. The van der Waals surface area contributed by atoms with Crippen molar-refractivity contribution in [2.45, 2.75) is 53.4 Å². The van der Waals surface area contributed by atoms with Crippen LogP contribution < -0.4 is 5.56 Å². The monoisotopic (exact) mass is 496 g/mol. The van der Waals surface area contributed by atoms with Crippen molar-refractivity contribution < 1.29 is 4.42 Å². The minimum Gasteiger partial charge on any atom is -0.468 e. The van der Waals surface area contributed by atoms with Gasteiger partial charge < -0.3 is 9.40 Å². The summed E-state index contributed by atoms with van der Waals surface area (Å²) in [5, 5.41) is 13.9. The molecule has 190 valence electrons. The molecule has 3 heterocycles. The van der Waals surface area contributed by atoms with Gasteiger partial charge in [-0.3, -0.25) is 9.69 Å². The van der Waals surface area contributed by atoms with Gasteiger partial charge in [-0.2, -0.15) is 0 Å². The normalized spacial score (nSPS) is 12.6. The Morgan fingerprint density at radius 2 is 1.84 bits per heavy atom. The molecule has 0 saturated heterocycles. The van der Waals surface area contributed by atoms with Crippen LogP contribution in [0.25, 0.3) is 10.9 Å². The Kier molecular flexibility index (Phi) is 7.01. The van der Waals surface area contributed by atoms with Gasteiger partial charge in [0.05, 0.1) is 25.4 Å². The average molecular weight is 497 g/mol. The van der Waals surface area contributed by atoms with E-state index in [2.05, 4.69) is 64.4 Å². The predicted octanol–water partition coefficient (Wildman–Crippen LogP) is 5.17.